The maximum absolute atomic E-state index is 11.0. The van der Waals surface area contributed by atoms with E-state index < -0.39 is 30.1 Å². The van der Waals surface area contributed by atoms with Crippen LogP contribution in [0.25, 0.3) is 0 Å². The third-order valence-electron chi connectivity index (χ3n) is 4.67. The van der Waals surface area contributed by atoms with E-state index in [1.54, 1.807) is 36.4 Å². The van der Waals surface area contributed by atoms with Crippen molar-refractivity contribution in [1.29, 1.82) is 0 Å². The molecule has 1 aliphatic rings. The van der Waals surface area contributed by atoms with Crippen LogP contribution in [0, 0.1) is 0 Å². The molecular weight excluding hydrogens is 356 g/mol. The largest absolute Gasteiger partial charge is 0.489 e. The molecule has 0 amide bonds. The lowest BCUT2D eigenvalue weighted by molar-refractivity contribution is -0.327. The number of hydrogen-bond acceptors (Lipinski definition) is 7. The van der Waals surface area contributed by atoms with E-state index >= 15 is 0 Å². The molecule has 144 valence electrons. The van der Waals surface area contributed by atoms with Gasteiger partial charge in [0, 0.05) is 11.5 Å². The van der Waals surface area contributed by atoms with E-state index in [1.807, 2.05) is 0 Å². The third kappa shape index (κ3) is 3.66. The van der Waals surface area contributed by atoms with Gasteiger partial charge in [0.15, 0.2) is 0 Å². The van der Waals surface area contributed by atoms with Crippen molar-refractivity contribution in [3.63, 3.8) is 0 Å². The Morgan fingerprint density at radius 1 is 1.11 bits per heavy atom. The summed E-state index contributed by atoms with van der Waals surface area (Å²) in [6.07, 6.45) is -4.92. The van der Waals surface area contributed by atoms with Crippen molar-refractivity contribution in [2.45, 2.75) is 37.1 Å². The van der Waals surface area contributed by atoms with Gasteiger partial charge in [0.2, 0.25) is 12.1 Å². The summed E-state index contributed by atoms with van der Waals surface area (Å²) in [6, 6.07) is 11.5. The van der Waals surface area contributed by atoms with Crippen molar-refractivity contribution in [2.75, 3.05) is 0 Å². The first-order valence-corrected chi connectivity index (χ1v) is 8.26. The van der Waals surface area contributed by atoms with E-state index in [1.165, 1.54) is 6.07 Å². The second-order valence-electron chi connectivity index (χ2n) is 6.51. The molecule has 8 heteroatoms. The number of carboxylic acids is 1. The molecule has 0 aliphatic carbocycles. The molecule has 2 aromatic carbocycles. The minimum absolute atomic E-state index is 0.149. The predicted molar refractivity (Wildman–Crippen MR) is 91.8 cm³/mol. The highest BCUT2D eigenvalue weighted by molar-refractivity contribution is 5.70. The van der Waals surface area contributed by atoms with Gasteiger partial charge in [-0.25, -0.2) is 0 Å². The number of aliphatic hydroxyl groups excluding tert-OH is 2. The van der Waals surface area contributed by atoms with E-state index in [9.17, 15) is 30.3 Å². The molecule has 0 spiro atoms. The fraction of sp³-hybridized carbons (Fsp3) is 0.316. The van der Waals surface area contributed by atoms with Crippen molar-refractivity contribution in [1.82, 2.24) is 0 Å². The summed E-state index contributed by atoms with van der Waals surface area (Å²) in [5.74, 6) is -5.04. The highest BCUT2D eigenvalue weighted by atomic mass is 16.6. The van der Waals surface area contributed by atoms with Crippen LogP contribution in [0.3, 0.4) is 0 Å². The first-order valence-electron chi connectivity index (χ1n) is 8.26. The molecule has 2 unspecified atom stereocenters. The SMILES string of the molecule is O=C(O)Cc1ccc2c(c1)C(C(O)C(O)(O)C(O)O)c1ccccc1CO2. The van der Waals surface area contributed by atoms with Gasteiger partial charge in [-0.15, -0.1) is 0 Å². The Morgan fingerprint density at radius 3 is 2.48 bits per heavy atom. The maximum Gasteiger partial charge on any atom is 0.307 e. The van der Waals surface area contributed by atoms with Gasteiger partial charge in [-0.2, -0.15) is 0 Å². The van der Waals surface area contributed by atoms with Crippen LogP contribution in [0.15, 0.2) is 42.5 Å². The standard InChI is InChI=1S/C19H20O8/c20-15(21)8-10-5-6-14-13(7-10)16(17(22)19(25,26)18(23)24)12-4-2-1-3-11(12)9-27-14/h1-7,16-18,22-26H,8-9H2,(H,20,21). The van der Waals surface area contributed by atoms with Crippen molar-refractivity contribution in [3.8, 4) is 5.75 Å². The van der Waals surface area contributed by atoms with Crippen molar-refractivity contribution < 1.29 is 40.2 Å². The van der Waals surface area contributed by atoms with E-state index in [2.05, 4.69) is 0 Å². The summed E-state index contributed by atoms with van der Waals surface area (Å²) in [6.45, 7) is 0.149. The van der Waals surface area contributed by atoms with Gasteiger partial charge in [0.05, 0.1) is 6.42 Å². The zero-order valence-corrected chi connectivity index (χ0v) is 14.2. The summed E-state index contributed by atoms with van der Waals surface area (Å²) in [7, 11) is 0. The monoisotopic (exact) mass is 376 g/mol. The molecule has 0 bridgehead atoms. The number of carboxylic acid groups (broad SMARTS) is 1. The average molecular weight is 376 g/mol. The van der Waals surface area contributed by atoms with Gasteiger partial charge in [-0.3, -0.25) is 4.79 Å². The lowest BCUT2D eigenvalue weighted by Gasteiger charge is -2.35. The second-order valence-corrected chi connectivity index (χ2v) is 6.51. The Balaban J connectivity index is 2.19. The molecule has 0 saturated carbocycles. The Bertz CT molecular complexity index is 845. The fourth-order valence-corrected chi connectivity index (χ4v) is 3.29. The van der Waals surface area contributed by atoms with Gasteiger partial charge in [0.1, 0.15) is 18.5 Å². The fourth-order valence-electron chi connectivity index (χ4n) is 3.29. The van der Waals surface area contributed by atoms with Crippen LogP contribution in [-0.4, -0.2) is 54.8 Å². The van der Waals surface area contributed by atoms with Crippen LogP contribution in [0.2, 0.25) is 0 Å². The quantitative estimate of drug-likeness (QED) is 0.390. The molecule has 0 aromatic heterocycles. The predicted octanol–water partition coefficient (Wildman–Crippen LogP) is -0.309. The lowest BCUT2D eigenvalue weighted by Crippen LogP contribution is -2.54. The van der Waals surface area contributed by atoms with Crippen molar-refractivity contribution >= 4 is 5.97 Å². The number of aliphatic hydroxyl groups is 5. The molecule has 2 atom stereocenters. The number of rotatable bonds is 5. The summed E-state index contributed by atoms with van der Waals surface area (Å²) >= 11 is 0. The van der Waals surface area contributed by atoms with Gasteiger partial charge < -0.3 is 35.4 Å². The second kappa shape index (κ2) is 7.26. The summed E-state index contributed by atoms with van der Waals surface area (Å²) < 4.78 is 5.74. The van der Waals surface area contributed by atoms with E-state index in [0.717, 1.165) is 0 Å². The minimum Gasteiger partial charge on any atom is -0.489 e. The molecule has 1 heterocycles. The topological polar surface area (TPSA) is 148 Å². The van der Waals surface area contributed by atoms with Crippen LogP contribution in [0.1, 0.15) is 28.2 Å². The van der Waals surface area contributed by atoms with Crippen LogP contribution in [-0.2, 0) is 17.8 Å². The molecular formula is C19H20O8. The maximum atomic E-state index is 11.0. The summed E-state index contributed by atoms with van der Waals surface area (Å²) in [5, 5.41) is 58.4. The molecule has 1 aliphatic heterocycles. The Morgan fingerprint density at radius 2 is 1.81 bits per heavy atom. The highest BCUT2D eigenvalue weighted by Crippen LogP contribution is 2.42. The highest BCUT2D eigenvalue weighted by Gasteiger charge is 2.47. The molecule has 2 aromatic rings. The third-order valence-corrected chi connectivity index (χ3v) is 4.67. The Hall–Kier alpha value is -2.49. The molecule has 27 heavy (non-hydrogen) atoms. The van der Waals surface area contributed by atoms with Crippen molar-refractivity contribution in [3.05, 3.63) is 64.7 Å². The minimum atomic E-state index is -3.22. The Labute approximate surface area is 154 Å². The van der Waals surface area contributed by atoms with E-state index in [0.29, 0.717) is 28.0 Å². The van der Waals surface area contributed by atoms with Gasteiger partial charge >= 0.3 is 5.97 Å². The molecule has 0 fully saturated rings. The molecule has 0 saturated heterocycles. The molecule has 0 radical (unpaired) electrons. The molecule has 8 nitrogen and oxygen atoms in total. The number of hydrogen-bond donors (Lipinski definition) is 6. The number of benzene rings is 2. The first kappa shape index (κ1) is 19.3. The van der Waals surface area contributed by atoms with Crippen LogP contribution >= 0.6 is 0 Å². The number of fused-ring (bicyclic) bond motifs is 2. The smallest absolute Gasteiger partial charge is 0.307 e. The van der Waals surface area contributed by atoms with Crippen LogP contribution in [0.4, 0.5) is 0 Å². The number of carbonyl (C=O) groups is 1. The van der Waals surface area contributed by atoms with Crippen LogP contribution < -0.4 is 4.74 Å². The zero-order valence-electron chi connectivity index (χ0n) is 14.2. The number of ether oxygens (including phenoxy) is 1. The van der Waals surface area contributed by atoms with Crippen molar-refractivity contribution in [2.24, 2.45) is 0 Å². The lowest BCUT2D eigenvalue weighted by atomic mass is 9.80. The molecule has 6 N–H and O–H groups in total. The Kier molecular flexibility index (Phi) is 5.18. The summed E-state index contributed by atoms with van der Waals surface area (Å²) in [5.41, 5.74) is 1.91. The normalized spacial score (nSPS) is 17.5. The van der Waals surface area contributed by atoms with E-state index in [-0.39, 0.29) is 13.0 Å². The van der Waals surface area contributed by atoms with Crippen LogP contribution in [0.5, 0.6) is 5.75 Å². The average Bonchev–Trinajstić information content (AvgIpc) is 2.77. The van der Waals surface area contributed by atoms with E-state index in [4.69, 9.17) is 9.84 Å². The summed E-state index contributed by atoms with van der Waals surface area (Å²) in [4.78, 5) is 11.0. The molecule has 3 rings (SSSR count). The van der Waals surface area contributed by atoms with Gasteiger partial charge in [-0.05, 0) is 22.8 Å². The first-order chi connectivity index (χ1) is 12.7. The number of aliphatic carboxylic acids is 1. The zero-order chi connectivity index (χ0) is 19.8. The van der Waals surface area contributed by atoms with Gasteiger partial charge in [-0.1, -0.05) is 36.4 Å². The van der Waals surface area contributed by atoms with Gasteiger partial charge in [0.25, 0.3) is 0 Å².